The lowest BCUT2D eigenvalue weighted by Gasteiger charge is -2.09. The summed E-state index contributed by atoms with van der Waals surface area (Å²) < 4.78 is 5.82. The normalized spacial score (nSPS) is 10.2. The maximum atomic E-state index is 5.82. The van der Waals surface area contributed by atoms with E-state index >= 15 is 0 Å². The molecule has 0 spiro atoms. The van der Waals surface area contributed by atoms with Gasteiger partial charge < -0.3 is 4.74 Å². The summed E-state index contributed by atoms with van der Waals surface area (Å²) in [5.74, 6) is 0.949. The van der Waals surface area contributed by atoms with Gasteiger partial charge in [0.25, 0.3) is 0 Å². The second kappa shape index (κ2) is 5.87. The number of benzene rings is 2. The highest BCUT2D eigenvalue weighted by molar-refractivity contribution is 9.08. The van der Waals surface area contributed by atoms with Crippen molar-refractivity contribution in [3.63, 3.8) is 0 Å². The number of halogens is 1. The topological polar surface area (TPSA) is 9.23 Å². The average Bonchev–Trinajstić information content (AvgIpc) is 2.38. The zero-order valence-electron chi connectivity index (χ0n) is 9.82. The lowest BCUT2D eigenvalue weighted by molar-refractivity contribution is 0.304. The molecule has 17 heavy (non-hydrogen) atoms. The van der Waals surface area contributed by atoms with E-state index in [0.29, 0.717) is 6.61 Å². The van der Waals surface area contributed by atoms with Gasteiger partial charge in [0, 0.05) is 10.9 Å². The number of hydrogen-bond donors (Lipinski definition) is 0. The molecule has 88 valence electrons. The van der Waals surface area contributed by atoms with Gasteiger partial charge in [0.2, 0.25) is 0 Å². The second-order valence-electron chi connectivity index (χ2n) is 4.02. The highest BCUT2D eigenvalue weighted by Crippen LogP contribution is 2.21. The van der Waals surface area contributed by atoms with Crippen LogP contribution < -0.4 is 4.74 Å². The lowest BCUT2D eigenvalue weighted by Crippen LogP contribution is -1.97. The van der Waals surface area contributed by atoms with Crippen LogP contribution in [-0.4, -0.2) is 0 Å². The highest BCUT2D eigenvalue weighted by atomic mass is 79.9. The van der Waals surface area contributed by atoms with Crippen LogP contribution in [-0.2, 0) is 11.9 Å². The zero-order valence-corrected chi connectivity index (χ0v) is 11.4. The molecule has 0 unspecified atom stereocenters. The van der Waals surface area contributed by atoms with Gasteiger partial charge in [-0.2, -0.15) is 0 Å². The molecule has 1 nitrogen and oxygen atoms in total. The molecule has 0 amide bonds. The molecular formula is C15H15BrO. The molecule has 2 heteroatoms. The van der Waals surface area contributed by atoms with Crippen LogP contribution in [0.1, 0.15) is 16.7 Å². The maximum absolute atomic E-state index is 5.82. The molecule has 0 radical (unpaired) electrons. The quantitative estimate of drug-likeness (QED) is 0.755. The maximum Gasteiger partial charge on any atom is 0.123 e. The van der Waals surface area contributed by atoms with Crippen LogP contribution in [0, 0.1) is 6.92 Å². The monoisotopic (exact) mass is 290 g/mol. The van der Waals surface area contributed by atoms with E-state index in [-0.39, 0.29) is 0 Å². The Morgan fingerprint density at radius 3 is 2.41 bits per heavy atom. The van der Waals surface area contributed by atoms with E-state index < -0.39 is 0 Å². The third-order valence-electron chi connectivity index (χ3n) is 2.63. The molecule has 0 saturated carbocycles. The fraction of sp³-hybridized carbons (Fsp3) is 0.200. The average molecular weight is 291 g/mol. The van der Waals surface area contributed by atoms with Gasteiger partial charge in [-0.15, -0.1) is 0 Å². The standard InChI is InChI=1S/C15H15BrO/c1-12-6-8-13(9-7-12)11-17-15-5-3-2-4-14(15)10-16/h2-9H,10-11H2,1H3. The van der Waals surface area contributed by atoms with Crippen molar-refractivity contribution in [2.75, 3.05) is 0 Å². The van der Waals surface area contributed by atoms with Gasteiger partial charge in [-0.05, 0) is 18.6 Å². The molecule has 2 aromatic rings. The first-order valence-corrected chi connectivity index (χ1v) is 6.74. The van der Waals surface area contributed by atoms with Crippen LogP contribution in [0.2, 0.25) is 0 Å². The molecule has 2 rings (SSSR count). The largest absolute Gasteiger partial charge is 0.489 e. The van der Waals surface area contributed by atoms with E-state index in [4.69, 9.17) is 4.74 Å². The van der Waals surface area contributed by atoms with Gasteiger partial charge in [-0.25, -0.2) is 0 Å². The summed E-state index contributed by atoms with van der Waals surface area (Å²) in [6.07, 6.45) is 0. The highest BCUT2D eigenvalue weighted by Gasteiger charge is 2.01. The van der Waals surface area contributed by atoms with Gasteiger partial charge in [0.1, 0.15) is 12.4 Å². The van der Waals surface area contributed by atoms with Crippen LogP contribution in [0.5, 0.6) is 5.75 Å². The van der Waals surface area contributed by atoms with Gasteiger partial charge in [-0.1, -0.05) is 64.0 Å². The summed E-state index contributed by atoms with van der Waals surface area (Å²) in [5, 5.41) is 0.817. The van der Waals surface area contributed by atoms with Crippen LogP contribution in [0.4, 0.5) is 0 Å². The van der Waals surface area contributed by atoms with E-state index in [1.165, 1.54) is 16.7 Å². The Morgan fingerprint density at radius 2 is 1.71 bits per heavy atom. The molecule has 2 aromatic carbocycles. The summed E-state index contributed by atoms with van der Waals surface area (Å²) in [4.78, 5) is 0. The molecule has 0 bridgehead atoms. The van der Waals surface area contributed by atoms with E-state index in [1.54, 1.807) is 0 Å². The van der Waals surface area contributed by atoms with Gasteiger partial charge >= 0.3 is 0 Å². The first kappa shape index (κ1) is 12.2. The van der Waals surface area contributed by atoms with Gasteiger partial charge in [0.05, 0.1) is 0 Å². The molecule has 0 aromatic heterocycles. The molecule has 0 atom stereocenters. The fourth-order valence-corrected chi connectivity index (χ4v) is 2.06. The lowest BCUT2D eigenvalue weighted by atomic mass is 10.2. The Balaban J connectivity index is 2.04. The van der Waals surface area contributed by atoms with Crippen LogP contribution in [0.25, 0.3) is 0 Å². The van der Waals surface area contributed by atoms with E-state index in [2.05, 4.69) is 53.2 Å². The Labute approximate surface area is 111 Å². The third kappa shape index (κ3) is 3.34. The number of para-hydroxylation sites is 1. The predicted octanol–water partition coefficient (Wildman–Crippen LogP) is 4.47. The molecule has 0 aliphatic rings. The van der Waals surface area contributed by atoms with Crippen LogP contribution in [0.15, 0.2) is 48.5 Å². The summed E-state index contributed by atoms with van der Waals surface area (Å²) in [5.41, 5.74) is 3.65. The summed E-state index contributed by atoms with van der Waals surface area (Å²) >= 11 is 3.46. The molecule has 0 N–H and O–H groups in total. The Morgan fingerprint density at radius 1 is 1.00 bits per heavy atom. The molecule has 0 aliphatic carbocycles. The number of rotatable bonds is 4. The first-order valence-electron chi connectivity index (χ1n) is 5.62. The summed E-state index contributed by atoms with van der Waals surface area (Å²) in [7, 11) is 0. The van der Waals surface area contributed by atoms with Crippen molar-refractivity contribution in [2.45, 2.75) is 18.9 Å². The third-order valence-corrected chi connectivity index (χ3v) is 3.24. The van der Waals surface area contributed by atoms with E-state index in [1.807, 2.05) is 18.2 Å². The van der Waals surface area contributed by atoms with Crippen molar-refractivity contribution in [3.8, 4) is 5.75 Å². The number of ether oxygens (including phenoxy) is 1. The molecule has 0 aliphatic heterocycles. The van der Waals surface area contributed by atoms with Crippen molar-refractivity contribution >= 4 is 15.9 Å². The van der Waals surface area contributed by atoms with Crippen molar-refractivity contribution in [1.29, 1.82) is 0 Å². The Kier molecular flexibility index (Phi) is 4.21. The van der Waals surface area contributed by atoms with Gasteiger partial charge in [0.15, 0.2) is 0 Å². The van der Waals surface area contributed by atoms with Crippen molar-refractivity contribution in [2.24, 2.45) is 0 Å². The fourth-order valence-electron chi connectivity index (χ4n) is 1.60. The van der Waals surface area contributed by atoms with E-state index in [9.17, 15) is 0 Å². The molecule has 0 fully saturated rings. The number of aryl methyl sites for hydroxylation is 1. The minimum atomic E-state index is 0.615. The van der Waals surface area contributed by atoms with Crippen molar-refractivity contribution in [3.05, 3.63) is 65.2 Å². The molecule has 0 heterocycles. The Bertz CT molecular complexity index is 477. The smallest absolute Gasteiger partial charge is 0.123 e. The molecular weight excluding hydrogens is 276 g/mol. The minimum Gasteiger partial charge on any atom is -0.489 e. The summed E-state index contributed by atoms with van der Waals surface area (Å²) in [6, 6.07) is 16.5. The SMILES string of the molecule is Cc1ccc(COc2ccccc2CBr)cc1. The number of hydrogen-bond acceptors (Lipinski definition) is 1. The van der Waals surface area contributed by atoms with Crippen molar-refractivity contribution < 1.29 is 4.74 Å². The van der Waals surface area contributed by atoms with E-state index in [0.717, 1.165) is 11.1 Å². The van der Waals surface area contributed by atoms with Crippen molar-refractivity contribution in [1.82, 2.24) is 0 Å². The minimum absolute atomic E-state index is 0.615. The van der Waals surface area contributed by atoms with Crippen LogP contribution in [0.3, 0.4) is 0 Å². The second-order valence-corrected chi connectivity index (χ2v) is 4.58. The summed E-state index contributed by atoms with van der Waals surface area (Å²) in [6.45, 7) is 2.70. The Hall–Kier alpha value is -1.28. The van der Waals surface area contributed by atoms with Crippen LogP contribution >= 0.6 is 15.9 Å². The zero-order chi connectivity index (χ0) is 12.1. The first-order chi connectivity index (χ1) is 8.29. The predicted molar refractivity (Wildman–Crippen MR) is 74.6 cm³/mol. The van der Waals surface area contributed by atoms with Gasteiger partial charge in [-0.3, -0.25) is 0 Å². The molecule has 0 saturated heterocycles. The number of alkyl halides is 1.